The first-order chi connectivity index (χ1) is 5.90. The van der Waals surface area contributed by atoms with E-state index in [1.807, 2.05) is 18.5 Å². The van der Waals surface area contributed by atoms with Crippen molar-refractivity contribution in [3.05, 3.63) is 23.8 Å². The third kappa shape index (κ3) is 1.18. The van der Waals surface area contributed by atoms with Gasteiger partial charge in [-0.25, -0.2) is 4.98 Å². The minimum atomic E-state index is 0.761. The molecule has 0 amide bonds. The van der Waals surface area contributed by atoms with Gasteiger partial charge in [0.25, 0.3) is 0 Å². The van der Waals surface area contributed by atoms with Crippen molar-refractivity contribution in [2.24, 2.45) is 4.99 Å². The predicted octanol–water partition coefficient (Wildman–Crippen LogP) is 1.44. The van der Waals surface area contributed by atoms with Crippen LogP contribution in [-0.4, -0.2) is 22.7 Å². The Balaban J connectivity index is 2.23. The van der Waals surface area contributed by atoms with E-state index in [1.54, 1.807) is 0 Å². The third-order valence-corrected chi connectivity index (χ3v) is 1.96. The molecule has 3 heteroatoms. The molecule has 12 heavy (non-hydrogen) atoms. The summed E-state index contributed by atoms with van der Waals surface area (Å²) in [5.74, 6) is 0.962. The number of H-pyrrole nitrogens is 1. The highest BCUT2D eigenvalue weighted by molar-refractivity contribution is 5.88. The summed E-state index contributed by atoms with van der Waals surface area (Å²) in [4.78, 5) is 11.6. The number of aryl methyl sites for hydroxylation is 1. The molecule has 0 aromatic carbocycles. The summed E-state index contributed by atoms with van der Waals surface area (Å²) in [6.07, 6.45) is 6.71. The maximum atomic E-state index is 4.27. The van der Waals surface area contributed by atoms with Crippen molar-refractivity contribution in [2.75, 3.05) is 6.54 Å². The van der Waals surface area contributed by atoms with E-state index in [0.29, 0.717) is 0 Å². The summed E-state index contributed by atoms with van der Waals surface area (Å²) in [5, 5.41) is 0. The molecule has 0 spiro atoms. The van der Waals surface area contributed by atoms with Crippen LogP contribution in [0.5, 0.6) is 0 Å². The smallest absolute Gasteiger partial charge is 0.135 e. The van der Waals surface area contributed by atoms with Crippen LogP contribution in [0.3, 0.4) is 0 Å². The van der Waals surface area contributed by atoms with Crippen molar-refractivity contribution >= 4 is 11.8 Å². The molecule has 1 aliphatic rings. The monoisotopic (exact) mass is 161 g/mol. The van der Waals surface area contributed by atoms with E-state index in [1.165, 1.54) is 11.3 Å². The molecule has 0 aliphatic carbocycles. The number of imidazole rings is 1. The number of nitrogens with one attached hydrogen (secondary N) is 1. The van der Waals surface area contributed by atoms with Crippen LogP contribution in [0, 0.1) is 0 Å². The molecule has 3 nitrogen and oxygen atoms in total. The summed E-state index contributed by atoms with van der Waals surface area (Å²) in [6, 6.07) is 0. The van der Waals surface area contributed by atoms with E-state index in [4.69, 9.17) is 0 Å². The number of hydrogen-bond acceptors (Lipinski definition) is 2. The van der Waals surface area contributed by atoms with E-state index in [0.717, 1.165) is 18.8 Å². The van der Waals surface area contributed by atoms with Crippen LogP contribution in [0.2, 0.25) is 0 Å². The minimum Gasteiger partial charge on any atom is -0.342 e. The quantitative estimate of drug-likeness (QED) is 0.700. The van der Waals surface area contributed by atoms with Gasteiger partial charge in [0.2, 0.25) is 0 Å². The molecule has 0 fully saturated rings. The minimum absolute atomic E-state index is 0.761. The summed E-state index contributed by atoms with van der Waals surface area (Å²) >= 11 is 0. The fourth-order valence-corrected chi connectivity index (χ4v) is 1.20. The highest BCUT2D eigenvalue weighted by Gasteiger charge is 2.06. The highest BCUT2D eigenvalue weighted by Crippen LogP contribution is 2.13. The number of allylic oxidation sites excluding steroid dienone is 1. The average Bonchev–Trinajstić information content (AvgIpc) is 2.75. The fourth-order valence-electron chi connectivity index (χ4n) is 1.20. The largest absolute Gasteiger partial charge is 0.342 e. The van der Waals surface area contributed by atoms with E-state index in [-0.39, 0.29) is 0 Å². The molecular weight excluding hydrogens is 150 g/mol. The van der Waals surface area contributed by atoms with Gasteiger partial charge in [-0.3, -0.25) is 4.99 Å². The molecule has 0 bridgehead atoms. The molecule has 1 aromatic heterocycles. The lowest BCUT2D eigenvalue weighted by Gasteiger charge is -1.93. The second-order valence-corrected chi connectivity index (χ2v) is 2.79. The predicted molar refractivity (Wildman–Crippen MR) is 49.3 cm³/mol. The zero-order chi connectivity index (χ0) is 8.39. The topological polar surface area (TPSA) is 41.0 Å². The maximum absolute atomic E-state index is 4.27. The molecular formula is C9H11N3. The molecule has 2 rings (SSSR count). The van der Waals surface area contributed by atoms with Crippen LogP contribution >= 0.6 is 0 Å². The second-order valence-electron chi connectivity index (χ2n) is 2.79. The summed E-state index contributed by atoms with van der Waals surface area (Å²) in [6.45, 7) is 2.87. The van der Waals surface area contributed by atoms with Crippen molar-refractivity contribution < 1.29 is 0 Å². The Kier molecular flexibility index (Phi) is 1.78. The van der Waals surface area contributed by atoms with Gasteiger partial charge >= 0.3 is 0 Å². The molecule has 0 saturated carbocycles. The van der Waals surface area contributed by atoms with Crippen LogP contribution in [0.1, 0.15) is 18.4 Å². The zero-order valence-electron chi connectivity index (χ0n) is 7.04. The van der Waals surface area contributed by atoms with E-state index >= 15 is 0 Å². The van der Waals surface area contributed by atoms with Gasteiger partial charge in [0.15, 0.2) is 0 Å². The van der Waals surface area contributed by atoms with Gasteiger partial charge in [-0.1, -0.05) is 6.92 Å². The van der Waals surface area contributed by atoms with Crippen molar-refractivity contribution in [3.8, 4) is 0 Å². The summed E-state index contributed by atoms with van der Waals surface area (Å²) in [7, 11) is 0. The van der Waals surface area contributed by atoms with Gasteiger partial charge in [-0.15, -0.1) is 0 Å². The van der Waals surface area contributed by atoms with Gasteiger partial charge in [0.1, 0.15) is 5.82 Å². The number of aromatic amines is 1. The Hall–Kier alpha value is -1.38. The average molecular weight is 161 g/mol. The van der Waals surface area contributed by atoms with E-state index in [9.17, 15) is 0 Å². The molecule has 2 heterocycles. The number of aliphatic imine (C=N–C) groups is 1. The molecule has 1 aromatic rings. The summed E-state index contributed by atoms with van der Waals surface area (Å²) in [5.41, 5.74) is 2.35. The Morgan fingerprint density at radius 2 is 2.50 bits per heavy atom. The first kappa shape index (κ1) is 7.28. The number of nitrogens with zero attached hydrogens (tertiary/aromatic N) is 2. The lowest BCUT2D eigenvalue weighted by atomic mass is 10.3. The molecule has 1 N–H and O–H groups in total. The third-order valence-electron chi connectivity index (χ3n) is 1.96. The maximum Gasteiger partial charge on any atom is 0.135 e. The Bertz CT molecular complexity index is 333. The van der Waals surface area contributed by atoms with Gasteiger partial charge in [0.05, 0.1) is 6.54 Å². The molecule has 0 atom stereocenters. The van der Waals surface area contributed by atoms with Crippen molar-refractivity contribution in [3.63, 3.8) is 0 Å². The number of hydrogen-bond donors (Lipinski definition) is 1. The van der Waals surface area contributed by atoms with Gasteiger partial charge in [-0.2, -0.15) is 0 Å². The molecule has 0 unspecified atom stereocenters. The SMILES string of the molecule is CCc1cnc(C2=CC=NC2)[nH]1. The van der Waals surface area contributed by atoms with Crippen LogP contribution < -0.4 is 0 Å². The molecule has 0 saturated heterocycles. The standard InChI is InChI=1S/C9H11N3/c1-2-8-6-11-9(12-8)7-3-4-10-5-7/h3-4,6H,2,5H2,1H3,(H,11,12). The Labute approximate surface area is 71.2 Å². The van der Waals surface area contributed by atoms with Gasteiger partial charge in [-0.05, 0) is 12.5 Å². The zero-order valence-corrected chi connectivity index (χ0v) is 7.04. The summed E-state index contributed by atoms with van der Waals surface area (Å²) < 4.78 is 0. The van der Waals surface area contributed by atoms with Crippen LogP contribution in [-0.2, 0) is 6.42 Å². The molecule has 1 aliphatic heterocycles. The van der Waals surface area contributed by atoms with Gasteiger partial charge < -0.3 is 4.98 Å². The number of rotatable bonds is 2. The van der Waals surface area contributed by atoms with Crippen LogP contribution in [0.4, 0.5) is 0 Å². The highest BCUT2D eigenvalue weighted by atomic mass is 14.9. The lowest BCUT2D eigenvalue weighted by Crippen LogP contribution is -1.88. The van der Waals surface area contributed by atoms with Crippen LogP contribution in [0.15, 0.2) is 17.3 Å². The van der Waals surface area contributed by atoms with E-state index < -0.39 is 0 Å². The lowest BCUT2D eigenvalue weighted by molar-refractivity contribution is 1.05. The Morgan fingerprint density at radius 1 is 1.58 bits per heavy atom. The number of aromatic nitrogens is 2. The second kappa shape index (κ2) is 2.93. The van der Waals surface area contributed by atoms with Gasteiger partial charge in [0, 0.05) is 23.7 Å². The first-order valence-electron chi connectivity index (χ1n) is 4.13. The molecule has 0 radical (unpaired) electrons. The normalized spacial score (nSPS) is 15.2. The van der Waals surface area contributed by atoms with Crippen molar-refractivity contribution in [1.82, 2.24) is 9.97 Å². The Morgan fingerprint density at radius 3 is 3.08 bits per heavy atom. The van der Waals surface area contributed by atoms with Crippen molar-refractivity contribution in [1.29, 1.82) is 0 Å². The van der Waals surface area contributed by atoms with E-state index in [2.05, 4.69) is 21.9 Å². The van der Waals surface area contributed by atoms with Crippen LogP contribution in [0.25, 0.3) is 5.57 Å². The first-order valence-corrected chi connectivity index (χ1v) is 4.13. The molecule has 62 valence electrons. The fraction of sp³-hybridized carbons (Fsp3) is 0.333. The van der Waals surface area contributed by atoms with Crippen molar-refractivity contribution in [2.45, 2.75) is 13.3 Å².